The van der Waals surface area contributed by atoms with E-state index in [4.69, 9.17) is 19.3 Å². The van der Waals surface area contributed by atoms with Crippen molar-refractivity contribution < 1.29 is 37.7 Å². The minimum atomic E-state index is -0.590. The van der Waals surface area contributed by atoms with Crippen LogP contribution >= 0.6 is 0 Å². The maximum absolute atomic E-state index is 13.5. The van der Waals surface area contributed by atoms with Gasteiger partial charge in [0.15, 0.2) is 17.3 Å². The third-order valence-electron chi connectivity index (χ3n) is 7.04. The van der Waals surface area contributed by atoms with E-state index < -0.39 is 11.6 Å². The highest BCUT2D eigenvalue weighted by atomic mass is 19.1. The van der Waals surface area contributed by atoms with E-state index in [0.29, 0.717) is 22.8 Å². The van der Waals surface area contributed by atoms with Gasteiger partial charge >= 0.3 is 0 Å². The first-order valence-electron chi connectivity index (χ1n) is 13.2. The van der Waals surface area contributed by atoms with Crippen LogP contribution in [-0.4, -0.2) is 28.6 Å². The molecule has 212 valence electrons. The Bertz CT molecular complexity index is 1360. The third-order valence-corrected chi connectivity index (χ3v) is 7.04. The molecule has 1 fully saturated rings. The fourth-order valence-corrected chi connectivity index (χ4v) is 4.65. The van der Waals surface area contributed by atoms with Gasteiger partial charge in [-0.3, -0.25) is 9.59 Å². The van der Waals surface area contributed by atoms with Crippen LogP contribution in [-0.2, 0) is 11.3 Å². The second kappa shape index (κ2) is 13.2. The maximum atomic E-state index is 13.5. The second-order valence-electron chi connectivity index (χ2n) is 9.80. The van der Waals surface area contributed by atoms with Crippen molar-refractivity contribution in [2.75, 3.05) is 6.79 Å². The second-order valence-corrected chi connectivity index (χ2v) is 9.80. The van der Waals surface area contributed by atoms with Crippen LogP contribution in [0.25, 0.3) is 0 Å². The minimum Gasteiger partial charge on any atom is -0.508 e. The molecule has 0 atom stereocenters. The molecular formula is C30H32F2N2O6. The quantitative estimate of drug-likeness (QED) is 0.330. The number of halogens is 2. The summed E-state index contributed by atoms with van der Waals surface area (Å²) in [5.41, 5.74) is 0.487. The number of phenols is 1. The summed E-state index contributed by atoms with van der Waals surface area (Å²) < 4.78 is 42.6. The molecule has 2 N–H and O–H groups in total. The zero-order valence-corrected chi connectivity index (χ0v) is 22.4. The molecule has 0 radical (unpaired) electrons. The number of phenolic OH excluding ortho intramolecular Hbond substituents is 1. The lowest BCUT2D eigenvalue weighted by Gasteiger charge is -2.26. The van der Waals surface area contributed by atoms with Gasteiger partial charge in [0.05, 0.1) is 11.8 Å². The molecule has 40 heavy (non-hydrogen) atoms. The third kappa shape index (κ3) is 7.46. The monoisotopic (exact) mass is 554 g/mol. The number of pyridine rings is 1. The van der Waals surface area contributed by atoms with E-state index in [1.807, 2.05) is 0 Å². The van der Waals surface area contributed by atoms with E-state index in [1.54, 1.807) is 18.2 Å². The number of ether oxygens (including phenoxy) is 3. The molecule has 0 saturated heterocycles. The zero-order valence-electron chi connectivity index (χ0n) is 22.4. The SMILES string of the molecule is CC(=O)c1cc(F)cnc1Oc1ccc2c(c1)OCO2.CCC1CCC(C(=O)NCc2ccc(O)cc2F)CC1. The van der Waals surface area contributed by atoms with Crippen molar-refractivity contribution >= 4 is 11.7 Å². The summed E-state index contributed by atoms with van der Waals surface area (Å²) in [5.74, 6) is 0.994. The number of nitrogens with one attached hydrogen (secondary N) is 1. The molecule has 5 rings (SSSR count). The summed E-state index contributed by atoms with van der Waals surface area (Å²) in [6.45, 7) is 3.85. The first-order valence-corrected chi connectivity index (χ1v) is 13.2. The average Bonchev–Trinajstić information content (AvgIpc) is 3.42. The molecule has 8 nitrogen and oxygen atoms in total. The zero-order chi connectivity index (χ0) is 28.6. The fourth-order valence-electron chi connectivity index (χ4n) is 4.65. The molecule has 0 bridgehead atoms. The van der Waals surface area contributed by atoms with Gasteiger partial charge in [-0.2, -0.15) is 0 Å². The first kappa shape index (κ1) is 28.8. The minimum absolute atomic E-state index is 0.0204. The molecule has 1 amide bonds. The lowest BCUT2D eigenvalue weighted by Crippen LogP contribution is -2.33. The molecule has 0 unspecified atom stereocenters. The van der Waals surface area contributed by atoms with Crippen molar-refractivity contribution in [3.8, 4) is 28.9 Å². The number of amides is 1. The summed E-state index contributed by atoms with van der Waals surface area (Å²) >= 11 is 0. The number of benzene rings is 2. The molecule has 2 aliphatic rings. The highest BCUT2D eigenvalue weighted by molar-refractivity contribution is 5.96. The van der Waals surface area contributed by atoms with Gasteiger partial charge in [0.2, 0.25) is 18.6 Å². The molecular weight excluding hydrogens is 522 g/mol. The summed E-state index contributed by atoms with van der Waals surface area (Å²) in [6, 6.07) is 10.1. The molecule has 0 spiro atoms. The van der Waals surface area contributed by atoms with E-state index in [1.165, 1.54) is 25.5 Å². The van der Waals surface area contributed by atoms with Gasteiger partial charge in [-0.25, -0.2) is 13.8 Å². The number of fused-ring (bicyclic) bond motifs is 1. The van der Waals surface area contributed by atoms with Crippen LogP contribution in [0.3, 0.4) is 0 Å². The van der Waals surface area contributed by atoms with Crippen LogP contribution in [0.15, 0.2) is 48.7 Å². The van der Waals surface area contributed by atoms with Crippen molar-refractivity contribution in [3.63, 3.8) is 0 Å². The topological polar surface area (TPSA) is 107 Å². The van der Waals surface area contributed by atoms with Crippen LogP contribution in [0.2, 0.25) is 0 Å². The Balaban J connectivity index is 0.000000185. The fraction of sp³-hybridized carbons (Fsp3) is 0.367. The molecule has 2 heterocycles. The van der Waals surface area contributed by atoms with Crippen LogP contribution < -0.4 is 19.5 Å². The van der Waals surface area contributed by atoms with Crippen LogP contribution in [0, 0.1) is 23.5 Å². The number of ketones is 1. The molecule has 3 aromatic rings. The van der Waals surface area contributed by atoms with E-state index >= 15 is 0 Å². The molecule has 10 heteroatoms. The normalized spacial score (nSPS) is 17.4. The van der Waals surface area contributed by atoms with E-state index in [9.17, 15) is 18.4 Å². The van der Waals surface area contributed by atoms with Crippen LogP contribution in [0.5, 0.6) is 28.9 Å². The van der Waals surface area contributed by atoms with Crippen molar-refractivity contribution in [3.05, 3.63) is 71.4 Å². The van der Waals surface area contributed by atoms with Crippen molar-refractivity contribution in [1.82, 2.24) is 10.3 Å². The predicted molar refractivity (Wildman–Crippen MR) is 142 cm³/mol. The Kier molecular flexibility index (Phi) is 9.52. The van der Waals surface area contributed by atoms with Gasteiger partial charge in [0.1, 0.15) is 23.1 Å². The standard InChI is InChI=1S/C16H22FNO2.C14H10FNO4/c1-2-11-3-5-12(6-4-11)16(20)18-10-13-7-8-14(19)9-15(13)17;1-8(17)11-4-9(15)6-16-14(11)20-10-2-3-12-13(5-10)19-7-18-12/h7-9,11-12,19H,2-6,10H2,1H3,(H,18,20);2-6H,7H2,1H3. The lowest BCUT2D eigenvalue weighted by molar-refractivity contribution is -0.126. The highest BCUT2D eigenvalue weighted by Gasteiger charge is 2.25. The molecule has 1 aromatic heterocycles. The average molecular weight is 555 g/mol. The summed E-state index contributed by atoms with van der Waals surface area (Å²) in [4.78, 5) is 27.3. The van der Waals surface area contributed by atoms with E-state index in [-0.39, 0.29) is 48.1 Å². The Morgan fingerprint density at radius 3 is 2.50 bits per heavy atom. The van der Waals surface area contributed by atoms with E-state index in [0.717, 1.165) is 49.9 Å². The van der Waals surface area contributed by atoms with Crippen molar-refractivity contribution in [1.29, 1.82) is 0 Å². The summed E-state index contributed by atoms with van der Waals surface area (Å²) in [7, 11) is 0. The molecule has 1 aliphatic carbocycles. The molecule has 1 aliphatic heterocycles. The molecule has 2 aromatic carbocycles. The Hall–Kier alpha value is -4.21. The van der Waals surface area contributed by atoms with Gasteiger partial charge < -0.3 is 24.6 Å². The number of rotatable bonds is 7. The number of carbonyl (C=O) groups excluding carboxylic acids is 2. The number of Topliss-reactive ketones (excluding diaryl/α,β-unsaturated/α-hetero) is 1. The van der Waals surface area contributed by atoms with Crippen molar-refractivity contribution in [2.24, 2.45) is 11.8 Å². The van der Waals surface area contributed by atoms with Gasteiger partial charge in [-0.15, -0.1) is 0 Å². The number of hydrogen-bond donors (Lipinski definition) is 2. The predicted octanol–water partition coefficient (Wildman–Crippen LogP) is 6.31. The number of carbonyl (C=O) groups is 2. The van der Waals surface area contributed by atoms with Gasteiger partial charge in [-0.05, 0) is 62.8 Å². The Labute approximate surface area is 231 Å². The maximum Gasteiger partial charge on any atom is 0.231 e. The first-order chi connectivity index (χ1) is 19.2. The lowest BCUT2D eigenvalue weighted by atomic mass is 9.80. The van der Waals surface area contributed by atoms with Gasteiger partial charge in [-0.1, -0.05) is 19.4 Å². The number of aromatic hydroxyl groups is 1. The van der Waals surface area contributed by atoms with Crippen molar-refractivity contribution in [2.45, 2.75) is 52.5 Å². The Morgan fingerprint density at radius 1 is 1.05 bits per heavy atom. The van der Waals surface area contributed by atoms with E-state index in [2.05, 4.69) is 17.2 Å². The molecule has 1 saturated carbocycles. The number of aromatic nitrogens is 1. The van der Waals surface area contributed by atoms with Crippen LogP contribution in [0.4, 0.5) is 8.78 Å². The largest absolute Gasteiger partial charge is 0.508 e. The smallest absolute Gasteiger partial charge is 0.231 e. The summed E-state index contributed by atoms with van der Waals surface area (Å²) in [5, 5.41) is 11.9. The van der Waals surface area contributed by atoms with Crippen LogP contribution in [0.1, 0.15) is 61.9 Å². The Morgan fingerprint density at radius 2 is 1.80 bits per heavy atom. The number of hydrogen-bond acceptors (Lipinski definition) is 7. The highest BCUT2D eigenvalue weighted by Crippen LogP contribution is 2.37. The van der Waals surface area contributed by atoms with Gasteiger partial charge in [0.25, 0.3) is 0 Å². The summed E-state index contributed by atoms with van der Waals surface area (Å²) in [6.07, 6.45) is 6.27. The number of nitrogens with zero attached hydrogens (tertiary/aromatic N) is 1. The van der Waals surface area contributed by atoms with Gasteiger partial charge in [0, 0.05) is 30.2 Å².